The van der Waals surface area contributed by atoms with Crippen LogP contribution in [0.1, 0.15) is 0 Å². The summed E-state index contributed by atoms with van der Waals surface area (Å²) in [5, 5.41) is 6.78. The Morgan fingerprint density at radius 3 is 1.74 bits per heavy atom. The Morgan fingerprint density at radius 2 is 0.955 bits per heavy atom. The number of hydrogen-bond donors (Lipinski definition) is 0. The van der Waals surface area contributed by atoms with E-state index in [2.05, 4.69) is 180 Å². The Bertz CT molecular complexity index is 4160. The third-order valence-corrected chi connectivity index (χ3v) is 13.9. The molecule has 0 atom stereocenters. The molecule has 2 aliphatic heterocycles. The molecule has 15 rings (SSSR count). The molecule has 306 valence electrons. The average molecular weight is 844 g/mol. The summed E-state index contributed by atoms with van der Waals surface area (Å²) in [6.45, 7) is -0.369. The minimum atomic E-state index is -0.369. The fraction of sp³-hybridized carbons (Fsp3) is 0. The first-order valence-electron chi connectivity index (χ1n) is 22.4. The molecule has 0 unspecified atom stereocenters. The first kappa shape index (κ1) is 35.7. The molecule has 66 heavy (non-hydrogen) atoms. The monoisotopic (exact) mass is 843 g/mol. The van der Waals surface area contributed by atoms with Crippen LogP contribution in [0.5, 0.6) is 17.2 Å². The number of fused-ring (bicyclic) bond motifs is 13. The van der Waals surface area contributed by atoms with Gasteiger partial charge >= 0.3 is 6.92 Å². The molecule has 0 saturated heterocycles. The minimum absolute atomic E-state index is 0.369. The summed E-state index contributed by atoms with van der Waals surface area (Å²) >= 11 is 0. The fourth-order valence-corrected chi connectivity index (χ4v) is 11.0. The van der Waals surface area contributed by atoms with Crippen molar-refractivity contribution in [2.45, 2.75) is 0 Å². The summed E-state index contributed by atoms with van der Waals surface area (Å²) in [7, 11) is 0. The van der Waals surface area contributed by atoms with Crippen molar-refractivity contribution in [2.75, 3.05) is 0 Å². The molecule has 0 aliphatic carbocycles. The zero-order chi connectivity index (χ0) is 43.0. The van der Waals surface area contributed by atoms with Crippen LogP contribution >= 0.6 is 0 Å². The standard InChI is InChI=1S/C60H34BNO4/c1-2-15-39(45-20-13-21-46-42-18-5-10-25-53(42)64-59(45)46)38(14-1)35-28-29-44-48-30-36(32-57-58(48)61(66-56(44)31-35)50-22-7-12-27-55(50)63-57)47-33-37(34-49-43-19-6-11-26-54(43)65-60(47)49)62-51-23-8-3-16-40(51)41-17-4-9-24-52(41)62/h1-34H. The van der Waals surface area contributed by atoms with Gasteiger partial charge in [0.15, 0.2) is 0 Å². The molecule has 0 bridgehead atoms. The van der Waals surface area contributed by atoms with Gasteiger partial charge in [-0.15, -0.1) is 0 Å². The van der Waals surface area contributed by atoms with Gasteiger partial charge in [-0.1, -0.05) is 146 Å². The van der Waals surface area contributed by atoms with Gasteiger partial charge in [0.2, 0.25) is 0 Å². The van der Waals surface area contributed by atoms with E-state index in [0.29, 0.717) is 0 Å². The van der Waals surface area contributed by atoms with Gasteiger partial charge in [0.1, 0.15) is 39.6 Å². The maximum absolute atomic E-state index is 7.17. The molecule has 0 amide bonds. The molecule has 0 spiro atoms. The van der Waals surface area contributed by atoms with Crippen LogP contribution in [0.15, 0.2) is 215 Å². The molecule has 3 aromatic heterocycles. The summed E-state index contributed by atoms with van der Waals surface area (Å²) in [6, 6.07) is 72.9. The summed E-state index contributed by atoms with van der Waals surface area (Å²) in [5.74, 6) is 2.38. The van der Waals surface area contributed by atoms with Crippen LogP contribution in [-0.4, -0.2) is 11.5 Å². The third-order valence-electron chi connectivity index (χ3n) is 13.9. The van der Waals surface area contributed by atoms with Crippen molar-refractivity contribution in [3.05, 3.63) is 206 Å². The van der Waals surface area contributed by atoms with Gasteiger partial charge in [-0.05, 0) is 88.5 Å². The SMILES string of the molecule is c1ccc2c(c1)Oc1cc(-c3cc(-n4c5ccccc5c5ccccc54)cc4c3oc3ccccc34)cc3c1B2Oc1cc(-c2ccccc2-c2cccc4c2oc2ccccc24)ccc1-3. The predicted octanol–water partition coefficient (Wildman–Crippen LogP) is 14.9. The van der Waals surface area contributed by atoms with Crippen LogP contribution < -0.4 is 20.3 Å². The second kappa shape index (κ2) is 13.4. The van der Waals surface area contributed by atoms with Gasteiger partial charge in [0.05, 0.1) is 11.0 Å². The first-order chi connectivity index (χ1) is 32.7. The van der Waals surface area contributed by atoms with E-state index in [-0.39, 0.29) is 6.92 Å². The number of benzene rings is 10. The van der Waals surface area contributed by atoms with Crippen LogP contribution in [-0.2, 0) is 0 Å². The molecule has 2 aliphatic rings. The maximum Gasteiger partial charge on any atom is 0.434 e. The van der Waals surface area contributed by atoms with Crippen LogP contribution in [0.3, 0.4) is 0 Å². The predicted molar refractivity (Wildman–Crippen MR) is 269 cm³/mol. The molecule has 6 heteroatoms. The number of para-hydroxylation sites is 6. The van der Waals surface area contributed by atoms with Crippen molar-refractivity contribution >= 4 is 83.5 Å². The Kier molecular flexibility index (Phi) is 7.24. The number of ether oxygens (including phenoxy) is 1. The number of aromatic nitrogens is 1. The van der Waals surface area contributed by atoms with Crippen molar-refractivity contribution in [2.24, 2.45) is 0 Å². The van der Waals surface area contributed by atoms with Crippen molar-refractivity contribution in [3.8, 4) is 67.4 Å². The molecule has 13 aromatic rings. The lowest BCUT2D eigenvalue weighted by Gasteiger charge is -2.33. The highest BCUT2D eigenvalue weighted by molar-refractivity contribution is 6.84. The van der Waals surface area contributed by atoms with Crippen LogP contribution in [0, 0.1) is 0 Å². The minimum Gasteiger partial charge on any atom is -0.551 e. The lowest BCUT2D eigenvalue weighted by molar-refractivity contribution is 0.479. The average Bonchev–Trinajstić information content (AvgIpc) is 4.06. The molecule has 0 N–H and O–H groups in total. The molecule has 5 nitrogen and oxygen atoms in total. The Morgan fingerprint density at radius 1 is 0.348 bits per heavy atom. The Labute approximate surface area is 378 Å². The van der Waals surface area contributed by atoms with Gasteiger partial charge in [-0.2, -0.15) is 0 Å². The van der Waals surface area contributed by atoms with E-state index in [1.165, 1.54) is 10.8 Å². The van der Waals surface area contributed by atoms with Gasteiger partial charge in [0, 0.05) is 65.6 Å². The highest BCUT2D eigenvalue weighted by atomic mass is 16.5. The van der Waals surface area contributed by atoms with Crippen molar-refractivity contribution in [3.63, 3.8) is 0 Å². The highest BCUT2D eigenvalue weighted by Crippen LogP contribution is 2.47. The topological polar surface area (TPSA) is 49.7 Å². The normalized spacial score (nSPS) is 12.8. The summed E-state index contributed by atoms with van der Waals surface area (Å²) in [4.78, 5) is 0. The molecule has 0 saturated carbocycles. The lowest BCUT2D eigenvalue weighted by Crippen LogP contribution is -2.53. The Balaban J connectivity index is 0.953. The largest absolute Gasteiger partial charge is 0.551 e. The zero-order valence-corrected chi connectivity index (χ0v) is 35.3. The van der Waals surface area contributed by atoms with Gasteiger partial charge in [-0.25, -0.2) is 0 Å². The molecule has 5 heterocycles. The molecule has 10 aromatic carbocycles. The number of furan rings is 2. The van der Waals surface area contributed by atoms with E-state index in [1.807, 2.05) is 30.3 Å². The van der Waals surface area contributed by atoms with E-state index < -0.39 is 0 Å². The van der Waals surface area contributed by atoms with E-state index in [4.69, 9.17) is 18.2 Å². The molecular weight excluding hydrogens is 809 g/mol. The molecule has 0 fully saturated rings. The van der Waals surface area contributed by atoms with Crippen molar-refractivity contribution in [1.29, 1.82) is 0 Å². The van der Waals surface area contributed by atoms with Crippen molar-refractivity contribution in [1.82, 2.24) is 4.57 Å². The van der Waals surface area contributed by atoms with Crippen molar-refractivity contribution < 1.29 is 18.2 Å². The number of hydrogen-bond acceptors (Lipinski definition) is 4. The van der Waals surface area contributed by atoms with Gasteiger partial charge in [0.25, 0.3) is 0 Å². The first-order valence-corrected chi connectivity index (χ1v) is 22.4. The zero-order valence-electron chi connectivity index (χ0n) is 35.3. The molecular formula is C60H34BNO4. The van der Waals surface area contributed by atoms with Gasteiger partial charge in [-0.3, -0.25) is 0 Å². The fourth-order valence-electron chi connectivity index (χ4n) is 11.0. The maximum atomic E-state index is 7.17. The lowest BCUT2D eigenvalue weighted by atomic mass is 9.50. The third kappa shape index (κ3) is 5.01. The van der Waals surface area contributed by atoms with E-state index in [0.717, 1.165) is 133 Å². The number of nitrogens with zero attached hydrogens (tertiary/aromatic N) is 1. The smallest absolute Gasteiger partial charge is 0.434 e. The van der Waals surface area contributed by atoms with E-state index >= 15 is 0 Å². The summed E-state index contributed by atoms with van der Waals surface area (Å²) in [6.07, 6.45) is 0. The second-order valence-corrected chi connectivity index (χ2v) is 17.4. The molecule has 0 radical (unpaired) electrons. The van der Waals surface area contributed by atoms with Gasteiger partial charge < -0.3 is 22.8 Å². The van der Waals surface area contributed by atoms with Crippen LogP contribution in [0.25, 0.3) is 116 Å². The second-order valence-electron chi connectivity index (χ2n) is 17.4. The highest BCUT2D eigenvalue weighted by Gasteiger charge is 2.41. The summed E-state index contributed by atoms with van der Waals surface area (Å²) in [5.41, 5.74) is 17.2. The Hall–Kier alpha value is -8.74. The number of rotatable bonds is 4. The van der Waals surface area contributed by atoms with Crippen LogP contribution in [0.2, 0.25) is 0 Å². The van der Waals surface area contributed by atoms with E-state index in [9.17, 15) is 0 Å². The van der Waals surface area contributed by atoms with E-state index in [1.54, 1.807) is 0 Å². The van der Waals surface area contributed by atoms with Crippen LogP contribution in [0.4, 0.5) is 0 Å². The summed E-state index contributed by atoms with van der Waals surface area (Å²) < 4.78 is 29.8. The quantitative estimate of drug-likeness (QED) is 0.166.